The van der Waals surface area contributed by atoms with E-state index in [2.05, 4.69) is 16.7 Å². The molecule has 2 aliphatic heterocycles. The van der Waals surface area contributed by atoms with Crippen molar-refractivity contribution in [3.05, 3.63) is 57.6 Å². The summed E-state index contributed by atoms with van der Waals surface area (Å²) in [7, 11) is 0. The number of nitrogens with one attached hydrogen (secondary N) is 2. The van der Waals surface area contributed by atoms with Gasteiger partial charge >= 0.3 is 0 Å². The molecule has 2 amide bonds. The molecule has 2 aromatic rings. The maximum Gasteiger partial charge on any atom is 0.255 e. The molecular formula is C28H30ClN3O4. The lowest BCUT2D eigenvalue weighted by atomic mass is 9.89. The summed E-state index contributed by atoms with van der Waals surface area (Å²) in [6.07, 6.45) is 7.09. The number of hydrogen-bond donors (Lipinski definition) is 2. The Labute approximate surface area is 216 Å². The van der Waals surface area contributed by atoms with Crippen molar-refractivity contribution in [2.75, 3.05) is 13.2 Å². The van der Waals surface area contributed by atoms with Crippen LogP contribution < -0.4 is 20.1 Å². The molecule has 2 aromatic carbocycles. The van der Waals surface area contributed by atoms with E-state index in [4.69, 9.17) is 21.1 Å². The van der Waals surface area contributed by atoms with E-state index >= 15 is 0 Å². The highest BCUT2D eigenvalue weighted by Crippen LogP contribution is 2.35. The molecule has 8 heteroatoms. The predicted molar refractivity (Wildman–Crippen MR) is 135 cm³/mol. The van der Waals surface area contributed by atoms with E-state index in [1.54, 1.807) is 12.1 Å². The normalized spacial score (nSPS) is 21.0. The minimum atomic E-state index is -0.886. The first-order chi connectivity index (χ1) is 17.5. The number of carbonyl (C=O) groups excluding carboxylic acids is 2. The third kappa shape index (κ3) is 5.44. The largest absolute Gasteiger partial charge is 0.493 e. The molecule has 0 spiro atoms. The first-order valence-corrected chi connectivity index (χ1v) is 13.1. The molecule has 1 fully saturated rings. The molecule has 188 valence electrons. The summed E-state index contributed by atoms with van der Waals surface area (Å²) >= 11 is 6.44. The van der Waals surface area contributed by atoms with Crippen LogP contribution in [-0.2, 0) is 24.1 Å². The van der Waals surface area contributed by atoms with E-state index in [9.17, 15) is 14.9 Å². The van der Waals surface area contributed by atoms with Crippen LogP contribution in [0.25, 0.3) is 0 Å². The number of halogens is 1. The van der Waals surface area contributed by atoms with Gasteiger partial charge in [0.05, 0.1) is 29.9 Å². The first kappa shape index (κ1) is 24.5. The van der Waals surface area contributed by atoms with Crippen LogP contribution in [0.2, 0.25) is 5.02 Å². The van der Waals surface area contributed by atoms with Crippen LogP contribution >= 0.6 is 11.6 Å². The number of ether oxygens (including phenoxy) is 2. The van der Waals surface area contributed by atoms with E-state index in [0.29, 0.717) is 48.1 Å². The monoisotopic (exact) mass is 507 g/mol. The Morgan fingerprint density at radius 3 is 2.39 bits per heavy atom. The zero-order valence-electron chi connectivity index (χ0n) is 20.2. The quantitative estimate of drug-likeness (QED) is 0.631. The maximum absolute atomic E-state index is 13.6. The molecule has 36 heavy (non-hydrogen) atoms. The average molecular weight is 508 g/mol. The number of nitriles is 1. The van der Waals surface area contributed by atoms with Crippen LogP contribution in [0.5, 0.6) is 11.5 Å². The van der Waals surface area contributed by atoms with Gasteiger partial charge in [0.25, 0.3) is 5.91 Å². The van der Waals surface area contributed by atoms with Crippen LogP contribution in [0.3, 0.4) is 0 Å². The van der Waals surface area contributed by atoms with E-state index in [1.165, 1.54) is 5.56 Å². The first-order valence-electron chi connectivity index (χ1n) is 12.7. The van der Waals surface area contributed by atoms with Crippen molar-refractivity contribution in [2.24, 2.45) is 0 Å². The smallest absolute Gasteiger partial charge is 0.255 e. The third-order valence-corrected chi connectivity index (χ3v) is 7.42. The van der Waals surface area contributed by atoms with Gasteiger partial charge < -0.3 is 20.1 Å². The molecule has 7 nitrogen and oxygen atoms in total. The van der Waals surface area contributed by atoms with Crippen molar-refractivity contribution in [3.8, 4) is 17.6 Å². The van der Waals surface area contributed by atoms with Gasteiger partial charge in [-0.1, -0.05) is 17.7 Å². The van der Waals surface area contributed by atoms with Crippen LogP contribution in [-0.4, -0.2) is 36.6 Å². The van der Waals surface area contributed by atoms with Gasteiger partial charge in [-0.3, -0.25) is 9.59 Å². The Morgan fingerprint density at radius 2 is 1.72 bits per heavy atom. The second-order valence-electron chi connectivity index (χ2n) is 9.91. The number of carbonyl (C=O) groups is 2. The molecular weight excluding hydrogens is 478 g/mol. The van der Waals surface area contributed by atoms with Gasteiger partial charge in [-0.05, 0) is 92.3 Å². The van der Waals surface area contributed by atoms with Gasteiger partial charge in [-0.15, -0.1) is 0 Å². The Bertz CT molecular complexity index is 1220. The minimum Gasteiger partial charge on any atom is -0.493 e. The van der Waals surface area contributed by atoms with Crippen LogP contribution in [0.15, 0.2) is 30.3 Å². The third-order valence-electron chi connectivity index (χ3n) is 7.13. The SMILES string of the molecule is N#CC1(NC(=O)C2Cc3ccc(c(Cl)c3)OCCCCOc3cc4c(cc3C(=O)N2)CCCC4)CC1. The van der Waals surface area contributed by atoms with E-state index < -0.39 is 11.6 Å². The summed E-state index contributed by atoms with van der Waals surface area (Å²) in [5.74, 6) is 0.373. The highest BCUT2D eigenvalue weighted by atomic mass is 35.5. The molecule has 1 atom stereocenters. The summed E-state index contributed by atoms with van der Waals surface area (Å²) in [6, 6.07) is 10.6. The topological polar surface area (TPSA) is 100 Å². The van der Waals surface area contributed by atoms with Crippen LogP contribution in [0.1, 0.15) is 65.6 Å². The van der Waals surface area contributed by atoms with Crippen molar-refractivity contribution in [2.45, 2.75) is 69.4 Å². The molecule has 0 saturated heterocycles. The fourth-order valence-corrected chi connectivity index (χ4v) is 5.07. The number of rotatable bonds is 2. The molecule has 6 rings (SSSR count). The fraction of sp³-hybridized carbons (Fsp3) is 0.464. The Morgan fingerprint density at radius 1 is 1.03 bits per heavy atom. The van der Waals surface area contributed by atoms with Gasteiger partial charge in [0.1, 0.15) is 23.1 Å². The molecule has 0 aromatic heterocycles. The number of aryl methyl sites for hydroxylation is 2. The lowest BCUT2D eigenvalue weighted by molar-refractivity contribution is -0.123. The van der Waals surface area contributed by atoms with E-state index in [1.807, 2.05) is 18.2 Å². The Kier molecular flexibility index (Phi) is 7.06. The summed E-state index contributed by atoms with van der Waals surface area (Å²) < 4.78 is 11.9. The number of nitrogens with zero attached hydrogens (tertiary/aromatic N) is 1. The maximum atomic E-state index is 13.6. The van der Waals surface area contributed by atoms with Crippen molar-refractivity contribution in [1.82, 2.24) is 10.6 Å². The number of benzene rings is 2. The second-order valence-corrected chi connectivity index (χ2v) is 10.3. The van der Waals surface area contributed by atoms with Crippen molar-refractivity contribution >= 4 is 23.4 Å². The van der Waals surface area contributed by atoms with Gasteiger partial charge in [-0.2, -0.15) is 5.26 Å². The number of amides is 2. The molecule has 4 aliphatic rings. The summed E-state index contributed by atoms with van der Waals surface area (Å²) in [6.45, 7) is 0.949. The second kappa shape index (κ2) is 10.4. The molecule has 2 heterocycles. The van der Waals surface area contributed by atoms with E-state index in [-0.39, 0.29) is 18.2 Å². The standard InChI is InChI=1S/C28H30ClN3O4/c29-22-13-18-7-8-24(22)35-11-3-4-12-36-25-16-20-6-2-1-5-19(20)15-21(25)26(33)31-23(14-18)27(34)32-28(17-30)9-10-28/h7-8,13,15-16,23H,1-6,9-12,14H2,(H,31,33)(H,32,34). The zero-order chi connectivity index (χ0) is 25.1. The predicted octanol–water partition coefficient (Wildman–Crippen LogP) is 4.28. The Hall–Kier alpha value is -3.24. The van der Waals surface area contributed by atoms with Crippen molar-refractivity contribution in [3.63, 3.8) is 0 Å². The average Bonchev–Trinajstić information content (AvgIpc) is 3.65. The van der Waals surface area contributed by atoms with Gasteiger partial charge in [0, 0.05) is 6.42 Å². The number of fused-ring (bicyclic) bond motifs is 11. The summed E-state index contributed by atoms with van der Waals surface area (Å²) in [5.41, 5.74) is 2.76. The van der Waals surface area contributed by atoms with Gasteiger partial charge in [0.2, 0.25) is 5.91 Å². The minimum absolute atomic E-state index is 0.222. The van der Waals surface area contributed by atoms with Crippen LogP contribution in [0.4, 0.5) is 0 Å². The van der Waals surface area contributed by atoms with Gasteiger partial charge in [0.15, 0.2) is 0 Å². The van der Waals surface area contributed by atoms with Crippen molar-refractivity contribution in [1.29, 1.82) is 5.26 Å². The molecule has 2 bridgehead atoms. The molecule has 1 saturated carbocycles. The fourth-order valence-electron chi connectivity index (χ4n) is 4.81. The lowest BCUT2D eigenvalue weighted by Gasteiger charge is -2.23. The highest BCUT2D eigenvalue weighted by molar-refractivity contribution is 6.32. The highest BCUT2D eigenvalue weighted by Gasteiger charge is 2.45. The summed E-state index contributed by atoms with van der Waals surface area (Å²) in [5, 5.41) is 15.7. The van der Waals surface area contributed by atoms with Gasteiger partial charge in [-0.25, -0.2) is 0 Å². The Balaban J connectivity index is 1.48. The molecule has 0 radical (unpaired) electrons. The lowest BCUT2D eigenvalue weighted by Crippen LogP contribution is -2.51. The van der Waals surface area contributed by atoms with Crippen molar-refractivity contribution < 1.29 is 19.1 Å². The zero-order valence-corrected chi connectivity index (χ0v) is 21.0. The van der Waals surface area contributed by atoms with Crippen LogP contribution in [0, 0.1) is 11.3 Å². The number of hydrogen-bond acceptors (Lipinski definition) is 5. The molecule has 2 N–H and O–H groups in total. The molecule has 2 aliphatic carbocycles. The van der Waals surface area contributed by atoms with E-state index in [0.717, 1.165) is 49.7 Å². The summed E-state index contributed by atoms with van der Waals surface area (Å²) in [4.78, 5) is 26.9. The molecule has 1 unspecified atom stereocenters.